The third-order valence-electron chi connectivity index (χ3n) is 2.98. The van der Waals surface area contributed by atoms with Crippen molar-refractivity contribution in [1.29, 1.82) is 0 Å². The van der Waals surface area contributed by atoms with Crippen molar-refractivity contribution in [3.8, 4) is 11.3 Å². The van der Waals surface area contributed by atoms with Gasteiger partial charge in [0.2, 0.25) is 5.91 Å². The molecule has 22 heavy (non-hydrogen) atoms. The minimum atomic E-state index is -0.854. The molecule has 0 radical (unpaired) electrons. The molecule has 0 spiro atoms. The minimum absolute atomic E-state index is 0.439. The largest absolute Gasteiger partial charge is 0.351 e. The quantitative estimate of drug-likeness (QED) is 0.794. The van der Waals surface area contributed by atoms with Crippen molar-refractivity contribution in [3.63, 3.8) is 0 Å². The van der Waals surface area contributed by atoms with Gasteiger partial charge in [0, 0.05) is 11.5 Å². The molecule has 0 saturated heterocycles. The molecule has 1 aromatic heterocycles. The second-order valence-electron chi connectivity index (χ2n) is 4.61. The fourth-order valence-electron chi connectivity index (χ4n) is 1.83. The summed E-state index contributed by atoms with van der Waals surface area (Å²) in [4.78, 5) is 26.7. The van der Waals surface area contributed by atoms with Gasteiger partial charge in [-0.15, -0.1) is 0 Å². The summed E-state index contributed by atoms with van der Waals surface area (Å²) in [5.41, 5.74) is 6.91. The van der Waals surface area contributed by atoms with Crippen LogP contribution in [0.3, 0.4) is 0 Å². The molecule has 0 aliphatic heterocycles. The lowest BCUT2D eigenvalue weighted by Gasteiger charge is -2.10. The standard InChI is InChI=1S/C14H15BrN4O2S/c1-8(12(20)18-13(16)21)22-14-17-7-11(19(14)2)9-3-5-10(15)6-4-9/h3-8H,1-2H3,(H3,16,18,20,21)/t8-/m1/s1. The van der Waals surface area contributed by atoms with E-state index in [1.54, 1.807) is 13.1 Å². The molecule has 3 N–H and O–H groups in total. The number of rotatable bonds is 4. The summed E-state index contributed by atoms with van der Waals surface area (Å²) < 4.78 is 2.91. The van der Waals surface area contributed by atoms with Crippen molar-refractivity contribution in [1.82, 2.24) is 14.9 Å². The lowest BCUT2D eigenvalue weighted by atomic mass is 10.2. The fraction of sp³-hybridized carbons (Fsp3) is 0.214. The van der Waals surface area contributed by atoms with E-state index >= 15 is 0 Å². The predicted molar refractivity (Wildman–Crippen MR) is 89.4 cm³/mol. The minimum Gasteiger partial charge on any atom is -0.351 e. The van der Waals surface area contributed by atoms with Crippen LogP contribution in [0.25, 0.3) is 11.3 Å². The van der Waals surface area contributed by atoms with E-state index in [0.717, 1.165) is 15.7 Å². The Bertz CT molecular complexity index is 699. The molecule has 0 aliphatic rings. The van der Waals surface area contributed by atoms with Crippen LogP contribution in [-0.2, 0) is 11.8 Å². The van der Waals surface area contributed by atoms with Crippen LogP contribution in [0.5, 0.6) is 0 Å². The molecule has 0 aliphatic carbocycles. The Hall–Kier alpha value is -1.80. The van der Waals surface area contributed by atoms with Crippen LogP contribution in [0.4, 0.5) is 4.79 Å². The van der Waals surface area contributed by atoms with Crippen LogP contribution in [0.2, 0.25) is 0 Å². The SMILES string of the molecule is C[C@@H](Sc1ncc(-c2ccc(Br)cc2)n1C)C(=O)NC(N)=O. The Balaban J connectivity index is 2.16. The van der Waals surface area contributed by atoms with Gasteiger partial charge >= 0.3 is 6.03 Å². The zero-order chi connectivity index (χ0) is 16.3. The first-order chi connectivity index (χ1) is 10.4. The van der Waals surface area contributed by atoms with E-state index in [-0.39, 0.29) is 0 Å². The summed E-state index contributed by atoms with van der Waals surface area (Å²) in [6.07, 6.45) is 1.75. The Morgan fingerprint density at radius 1 is 1.36 bits per heavy atom. The van der Waals surface area contributed by atoms with E-state index in [1.165, 1.54) is 11.8 Å². The maximum Gasteiger partial charge on any atom is 0.318 e. The summed E-state index contributed by atoms with van der Waals surface area (Å²) in [5, 5.41) is 2.27. The van der Waals surface area contributed by atoms with Crippen molar-refractivity contribution in [3.05, 3.63) is 34.9 Å². The molecular formula is C14H15BrN4O2S. The first kappa shape index (κ1) is 16.6. The van der Waals surface area contributed by atoms with Crippen LogP contribution >= 0.6 is 27.7 Å². The molecule has 2 aromatic rings. The number of amides is 3. The maximum absolute atomic E-state index is 11.7. The summed E-state index contributed by atoms with van der Waals surface area (Å²) in [6, 6.07) is 7.03. The molecule has 2 rings (SSSR count). The fourth-order valence-corrected chi connectivity index (χ4v) is 2.94. The first-order valence-corrected chi connectivity index (χ1v) is 8.10. The highest BCUT2D eigenvalue weighted by molar-refractivity contribution is 9.10. The number of aromatic nitrogens is 2. The van der Waals surface area contributed by atoms with Gasteiger partial charge in [0.1, 0.15) is 0 Å². The summed E-state index contributed by atoms with van der Waals surface area (Å²) in [5.74, 6) is -0.439. The zero-order valence-corrected chi connectivity index (χ0v) is 14.4. The van der Waals surface area contributed by atoms with E-state index in [2.05, 4.69) is 26.2 Å². The van der Waals surface area contributed by atoms with Gasteiger partial charge in [-0.25, -0.2) is 9.78 Å². The molecule has 3 amide bonds. The number of nitrogens with zero attached hydrogens (tertiary/aromatic N) is 2. The Morgan fingerprint density at radius 2 is 2.00 bits per heavy atom. The van der Waals surface area contributed by atoms with E-state index in [4.69, 9.17) is 5.73 Å². The third kappa shape index (κ3) is 3.89. The molecule has 1 atom stereocenters. The topological polar surface area (TPSA) is 90.0 Å². The molecular weight excluding hydrogens is 368 g/mol. The van der Waals surface area contributed by atoms with Crippen molar-refractivity contribution < 1.29 is 9.59 Å². The van der Waals surface area contributed by atoms with E-state index in [1.807, 2.05) is 35.9 Å². The number of primary amides is 1. The van der Waals surface area contributed by atoms with Crippen molar-refractivity contribution in [2.75, 3.05) is 0 Å². The highest BCUT2D eigenvalue weighted by Crippen LogP contribution is 2.28. The molecule has 0 fully saturated rings. The molecule has 1 heterocycles. The van der Waals surface area contributed by atoms with E-state index < -0.39 is 17.2 Å². The predicted octanol–water partition coefficient (Wildman–Crippen LogP) is 2.53. The van der Waals surface area contributed by atoms with Crippen LogP contribution < -0.4 is 11.1 Å². The average Bonchev–Trinajstić information content (AvgIpc) is 2.80. The van der Waals surface area contributed by atoms with Crippen molar-refractivity contribution >= 4 is 39.6 Å². The van der Waals surface area contributed by atoms with Crippen molar-refractivity contribution in [2.45, 2.75) is 17.3 Å². The molecule has 1 aromatic carbocycles. The van der Waals surface area contributed by atoms with Gasteiger partial charge in [-0.2, -0.15) is 0 Å². The number of hydrogen-bond donors (Lipinski definition) is 2. The number of nitrogens with one attached hydrogen (secondary N) is 1. The van der Waals surface area contributed by atoms with E-state index in [9.17, 15) is 9.59 Å². The Morgan fingerprint density at radius 3 is 2.59 bits per heavy atom. The molecule has 0 bridgehead atoms. The molecule has 0 unspecified atom stereocenters. The second kappa shape index (κ2) is 6.97. The van der Waals surface area contributed by atoms with Gasteiger partial charge in [-0.3, -0.25) is 10.1 Å². The normalized spacial score (nSPS) is 12.0. The Kier molecular flexibility index (Phi) is 5.25. The zero-order valence-electron chi connectivity index (χ0n) is 12.0. The van der Waals surface area contributed by atoms with Crippen LogP contribution in [0, 0.1) is 0 Å². The van der Waals surface area contributed by atoms with E-state index in [0.29, 0.717) is 5.16 Å². The Labute approximate surface area is 140 Å². The number of nitrogens with two attached hydrogens (primary N) is 1. The molecule has 116 valence electrons. The number of imide groups is 1. The lowest BCUT2D eigenvalue weighted by molar-refractivity contribution is -0.119. The van der Waals surface area contributed by atoms with Gasteiger partial charge in [0.25, 0.3) is 0 Å². The number of benzene rings is 1. The lowest BCUT2D eigenvalue weighted by Crippen LogP contribution is -2.39. The average molecular weight is 383 g/mol. The first-order valence-electron chi connectivity index (χ1n) is 6.43. The van der Waals surface area contributed by atoms with Crippen LogP contribution in [0.15, 0.2) is 40.1 Å². The summed E-state index contributed by atoms with van der Waals surface area (Å²) in [6.45, 7) is 1.69. The number of imidazole rings is 1. The van der Waals surface area contributed by atoms with Gasteiger partial charge in [0.05, 0.1) is 17.1 Å². The number of carbonyl (C=O) groups is 2. The van der Waals surface area contributed by atoms with Gasteiger partial charge in [-0.1, -0.05) is 39.8 Å². The van der Waals surface area contributed by atoms with Gasteiger partial charge < -0.3 is 10.3 Å². The monoisotopic (exact) mass is 382 g/mol. The number of carbonyl (C=O) groups excluding carboxylic acids is 2. The summed E-state index contributed by atoms with van der Waals surface area (Å²) >= 11 is 4.66. The molecule has 8 heteroatoms. The highest BCUT2D eigenvalue weighted by Gasteiger charge is 2.19. The van der Waals surface area contributed by atoms with Crippen LogP contribution in [-0.4, -0.2) is 26.7 Å². The number of thioether (sulfide) groups is 1. The van der Waals surface area contributed by atoms with Gasteiger partial charge in [0.15, 0.2) is 5.16 Å². The van der Waals surface area contributed by atoms with Gasteiger partial charge in [-0.05, 0) is 24.6 Å². The molecule has 0 saturated carbocycles. The second-order valence-corrected chi connectivity index (χ2v) is 6.83. The number of hydrogen-bond acceptors (Lipinski definition) is 4. The van der Waals surface area contributed by atoms with Crippen molar-refractivity contribution in [2.24, 2.45) is 12.8 Å². The molecule has 6 nitrogen and oxygen atoms in total. The third-order valence-corrected chi connectivity index (χ3v) is 4.67. The number of urea groups is 1. The summed E-state index contributed by atoms with van der Waals surface area (Å²) in [7, 11) is 1.88. The maximum atomic E-state index is 11.7. The van der Waals surface area contributed by atoms with Crippen LogP contribution in [0.1, 0.15) is 6.92 Å². The smallest absolute Gasteiger partial charge is 0.318 e. The number of halogens is 1. The highest BCUT2D eigenvalue weighted by atomic mass is 79.9.